The average molecular weight is 372 g/mol. The molecule has 0 fully saturated rings. The predicted molar refractivity (Wildman–Crippen MR) is 105 cm³/mol. The van der Waals surface area contributed by atoms with Crippen LogP contribution in [0.25, 0.3) is 11.1 Å². The van der Waals surface area contributed by atoms with Gasteiger partial charge < -0.3 is 9.47 Å². The van der Waals surface area contributed by atoms with Crippen molar-refractivity contribution in [2.24, 2.45) is 0 Å². The van der Waals surface area contributed by atoms with Gasteiger partial charge in [-0.1, -0.05) is 60.7 Å². The monoisotopic (exact) mass is 372 g/mol. The lowest BCUT2D eigenvalue weighted by atomic mass is 9.55. The number of hydrogen-bond acceptors (Lipinski definition) is 4. The molecule has 0 N–H and O–H groups in total. The summed E-state index contributed by atoms with van der Waals surface area (Å²) < 4.78 is 10.1. The molecule has 3 aliphatic carbocycles. The van der Waals surface area contributed by atoms with Crippen LogP contribution in [0.1, 0.15) is 24.0 Å². The molecular weight excluding hydrogens is 352 g/mol. The zero-order chi connectivity index (χ0) is 19.5. The van der Waals surface area contributed by atoms with Crippen LogP contribution in [0.4, 0.5) is 0 Å². The molecule has 2 aromatic carbocycles. The molecule has 0 aliphatic heterocycles. The molecule has 4 nitrogen and oxygen atoms in total. The van der Waals surface area contributed by atoms with Gasteiger partial charge in [-0.05, 0) is 35.1 Å². The van der Waals surface area contributed by atoms with Crippen LogP contribution < -0.4 is 0 Å². The highest BCUT2D eigenvalue weighted by Gasteiger charge is 2.63. The van der Waals surface area contributed by atoms with E-state index in [2.05, 4.69) is 24.3 Å². The minimum atomic E-state index is -0.564. The topological polar surface area (TPSA) is 52.6 Å². The van der Waals surface area contributed by atoms with Gasteiger partial charge in [0.25, 0.3) is 0 Å². The van der Waals surface area contributed by atoms with Gasteiger partial charge in [-0.3, -0.25) is 0 Å². The summed E-state index contributed by atoms with van der Waals surface area (Å²) in [6.07, 6.45) is 5.09. The number of fused-ring (bicyclic) bond motifs is 3. The largest absolute Gasteiger partial charge is 0.466 e. The zero-order valence-electron chi connectivity index (χ0n) is 15.8. The molecule has 3 aliphatic rings. The van der Waals surface area contributed by atoms with Crippen molar-refractivity contribution in [3.63, 3.8) is 0 Å². The Hall–Kier alpha value is -3.14. The van der Waals surface area contributed by atoms with Crippen LogP contribution in [0.3, 0.4) is 0 Å². The third kappa shape index (κ3) is 1.90. The Balaban J connectivity index is 1.87. The first kappa shape index (κ1) is 17.0. The van der Waals surface area contributed by atoms with Crippen LogP contribution in [0.5, 0.6) is 0 Å². The van der Waals surface area contributed by atoms with Crippen molar-refractivity contribution in [3.05, 3.63) is 83.0 Å². The average Bonchev–Trinajstić information content (AvgIpc) is 3.25. The highest BCUT2D eigenvalue weighted by molar-refractivity contribution is 5.97. The maximum Gasteiger partial charge on any atom is 0.333 e. The van der Waals surface area contributed by atoms with Crippen LogP contribution in [0.2, 0.25) is 0 Å². The van der Waals surface area contributed by atoms with Gasteiger partial charge in [-0.2, -0.15) is 0 Å². The lowest BCUT2D eigenvalue weighted by molar-refractivity contribution is -0.136. The second kappa shape index (κ2) is 5.68. The van der Waals surface area contributed by atoms with E-state index in [0.29, 0.717) is 24.0 Å². The molecule has 0 atom stereocenters. The summed E-state index contributed by atoms with van der Waals surface area (Å²) >= 11 is 0. The molecule has 4 heteroatoms. The molecule has 2 aromatic rings. The summed E-state index contributed by atoms with van der Waals surface area (Å²) in [5.41, 5.74) is 4.91. The summed E-state index contributed by atoms with van der Waals surface area (Å²) in [7, 11) is 2.82. The summed E-state index contributed by atoms with van der Waals surface area (Å²) in [5.74, 6) is -0.615. The number of hydrogen-bond donors (Lipinski definition) is 0. The van der Waals surface area contributed by atoms with Crippen molar-refractivity contribution in [2.45, 2.75) is 23.7 Å². The first-order valence-corrected chi connectivity index (χ1v) is 9.36. The molecular formula is C24H20O4. The molecule has 0 bridgehead atoms. The van der Waals surface area contributed by atoms with E-state index in [1.54, 1.807) is 0 Å². The second-order valence-corrected chi connectivity index (χ2v) is 7.72. The van der Waals surface area contributed by atoms with Gasteiger partial charge in [0.1, 0.15) is 0 Å². The molecule has 0 unspecified atom stereocenters. The SMILES string of the molecule is COC(=O)C1=CC23C=C(C(=O)OC)CC2(C1)c1ccccc1-c1ccccc13. The van der Waals surface area contributed by atoms with Gasteiger partial charge in [0.05, 0.1) is 14.2 Å². The fraction of sp³-hybridized carbons (Fsp3) is 0.250. The first-order valence-electron chi connectivity index (χ1n) is 9.36. The van der Waals surface area contributed by atoms with Crippen molar-refractivity contribution in [1.82, 2.24) is 0 Å². The lowest BCUT2D eigenvalue weighted by Gasteiger charge is -2.46. The van der Waals surface area contributed by atoms with Gasteiger partial charge in [-0.15, -0.1) is 0 Å². The van der Waals surface area contributed by atoms with Crippen LogP contribution in [-0.2, 0) is 29.9 Å². The van der Waals surface area contributed by atoms with E-state index in [0.717, 1.165) is 16.7 Å². The van der Waals surface area contributed by atoms with Crippen LogP contribution in [-0.4, -0.2) is 26.2 Å². The molecule has 140 valence electrons. The molecule has 0 radical (unpaired) electrons. The maximum absolute atomic E-state index is 12.5. The Bertz CT molecular complexity index is 1050. The Kier molecular flexibility index (Phi) is 3.45. The van der Waals surface area contributed by atoms with Crippen molar-refractivity contribution in [2.75, 3.05) is 14.2 Å². The minimum Gasteiger partial charge on any atom is -0.466 e. The van der Waals surface area contributed by atoms with E-state index in [9.17, 15) is 9.59 Å². The van der Waals surface area contributed by atoms with Crippen LogP contribution in [0.15, 0.2) is 71.8 Å². The second-order valence-electron chi connectivity index (χ2n) is 7.72. The maximum atomic E-state index is 12.5. The summed E-state index contributed by atoms with van der Waals surface area (Å²) in [4.78, 5) is 24.9. The predicted octanol–water partition coefficient (Wildman–Crippen LogP) is 3.85. The summed E-state index contributed by atoms with van der Waals surface area (Å²) in [6, 6.07) is 16.6. The normalized spacial score (nSPS) is 26.2. The van der Waals surface area contributed by atoms with E-state index in [-0.39, 0.29) is 11.9 Å². The third-order valence-corrected chi connectivity index (χ3v) is 6.58. The number of methoxy groups -OCH3 is 2. The number of allylic oxidation sites excluding steroid dienone is 2. The summed E-state index contributed by atoms with van der Waals surface area (Å²) in [6.45, 7) is 0. The Morgan fingerprint density at radius 2 is 1.21 bits per heavy atom. The highest BCUT2D eigenvalue weighted by Crippen LogP contribution is 2.67. The molecule has 5 rings (SSSR count). The summed E-state index contributed by atoms with van der Waals surface area (Å²) in [5, 5.41) is 0. The molecule has 28 heavy (non-hydrogen) atoms. The van der Waals surface area contributed by atoms with E-state index >= 15 is 0 Å². The smallest absolute Gasteiger partial charge is 0.333 e. The third-order valence-electron chi connectivity index (χ3n) is 6.58. The quantitative estimate of drug-likeness (QED) is 0.752. The van der Waals surface area contributed by atoms with Crippen molar-refractivity contribution in [3.8, 4) is 11.1 Å². The highest BCUT2D eigenvalue weighted by atomic mass is 16.5. The van der Waals surface area contributed by atoms with Crippen molar-refractivity contribution >= 4 is 11.9 Å². The minimum absolute atomic E-state index is 0.307. The number of rotatable bonds is 2. The van der Waals surface area contributed by atoms with Crippen molar-refractivity contribution < 1.29 is 19.1 Å². The molecule has 0 saturated carbocycles. The fourth-order valence-electron chi connectivity index (χ4n) is 5.54. The Labute approximate surface area is 163 Å². The Morgan fingerprint density at radius 3 is 1.75 bits per heavy atom. The molecule has 0 amide bonds. The fourth-order valence-corrected chi connectivity index (χ4v) is 5.54. The number of benzene rings is 2. The van der Waals surface area contributed by atoms with E-state index in [1.165, 1.54) is 19.8 Å². The van der Waals surface area contributed by atoms with Gasteiger partial charge in [0.15, 0.2) is 0 Å². The van der Waals surface area contributed by atoms with E-state index in [1.807, 2.05) is 36.4 Å². The Morgan fingerprint density at radius 1 is 0.750 bits per heavy atom. The van der Waals surface area contributed by atoms with Crippen LogP contribution in [0, 0.1) is 0 Å². The number of carbonyl (C=O) groups is 2. The first-order chi connectivity index (χ1) is 13.6. The molecule has 0 spiro atoms. The van der Waals surface area contributed by atoms with Gasteiger partial charge >= 0.3 is 11.9 Å². The number of ether oxygens (including phenoxy) is 2. The van der Waals surface area contributed by atoms with Crippen molar-refractivity contribution in [1.29, 1.82) is 0 Å². The standard InChI is InChI=1S/C24H20O4/c1-27-21(25)15-11-23-13-16(22(26)28-2)14-24(23,12-15)20-10-6-4-8-18(20)17-7-3-5-9-19(17)23/h3-11,13H,12,14H2,1-2H3. The number of esters is 2. The molecule has 0 aromatic heterocycles. The molecule has 0 heterocycles. The number of carbonyl (C=O) groups excluding carboxylic acids is 2. The zero-order valence-corrected chi connectivity index (χ0v) is 15.8. The lowest BCUT2D eigenvalue weighted by Crippen LogP contribution is -2.44. The van der Waals surface area contributed by atoms with Crippen LogP contribution >= 0.6 is 0 Å². The van der Waals surface area contributed by atoms with Gasteiger partial charge in [0, 0.05) is 22.0 Å². The molecule has 0 saturated heterocycles. The van der Waals surface area contributed by atoms with E-state index < -0.39 is 10.8 Å². The van der Waals surface area contributed by atoms with Gasteiger partial charge in [-0.25, -0.2) is 9.59 Å². The van der Waals surface area contributed by atoms with E-state index in [4.69, 9.17) is 9.47 Å². The van der Waals surface area contributed by atoms with Gasteiger partial charge in [0.2, 0.25) is 0 Å².